The zero-order valence-corrected chi connectivity index (χ0v) is 10.3. The molecular formula is C11H15N3OS. The van der Waals surface area contributed by atoms with Gasteiger partial charge in [0.1, 0.15) is 17.3 Å². The van der Waals surface area contributed by atoms with Crippen molar-refractivity contribution in [2.75, 3.05) is 0 Å². The number of aromatic amines is 1. The van der Waals surface area contributed by atoms with Crippen LogP contribution in [0.5, 0.6) is 0 Å². The van der Waals surface area contributed by atoms with E-state index in [9.17, 15) is 0 Å². The molecule has 2 heterocycles. The lowest BCUT2D eigenvalue weighted by atomic mass is 10.3. The average molecular weight is 237 g/mol. The largest absolute Gasteiger partial charge is 0.464 e. The van der Waals surface area contributed by atoms with Gasteiger partial charge in [-0.1, -0.05) is 6.92 Å². The number of aromatic nitrogens is 3. The molecular weight excluding hydrogens is 222 g/mol. The summed E-state index contributed by atoms with van der Waals surface area (Å²) < 4.78 is 8.17. The van der Waals surface area contributed by atoms with E-state index in [2.05, 4.69) is 17.1 Å². The predicted molar refractivity (Wildman–Crippen MR) is 64.0 cm³/mol. The molecule has 86 valence electrons. The Hall–Kier alpha value is -1.36. The molecule has 2 rings (SSSR count). The molecule has 0 aromatic carbocycles. The summed E-state index contributed by atoms with van der Waals surface area (Å²) >= 11 is 5.20. The molecule has 0 atom stereocenters. The zero-order valence-electron chi connectivity index (χ0n) is 9.49. The molecule has 0 aliphatic carbocycles. The normalized spacial score (nSPS) is 10.9. The van der Waals surface area contributed by atoms with Crippen molar-refractivity contribution in [3.8, 4) is 0 Å². The molecule has 0 unspecified atom stereocenters. The Kier molecular flexibility index (Phi) is 3.24. The fourth-order valence-electron chi connectivity index (χ4n) is 1.65. The molecule has 0 saturated carbocycles. The highest BCUT2D eigenvalue weighted by Gasteiger charge is 2.07. The van der Waals surface area contributed by atoms with Crippen LogP contribution in [-0.4, -0.2) is 14.8 Å². The molecule has 0 bridgehead atoms. The quantitative estimate of drug-likeness (QED) is 0.832. The van der Waals surface area contributed by atoms with Crippen molar-refractivity contribution in [3.63, 3.8) is 0 Å². The van der Waals surface area contributed by atoms with Gasteiger partial charge in [0.25, 0.3) is 0 Å². The van der Waals surface area contributed by atoms with Crippen LogP contribution >= 0.6 is 12.2 Å². The second kappa shape index (κ2) is 4.65. The molecule has 2 aromatic rings. The number of hydrogen-bond acceptors (Lipinski definition) is 3. The third-order valence-corrected chi connectivity index (χ3v) is 2.73. The van der Waals surface area contributed by atoms with Crippen molar-refractivity contribution >= 4 is 12.2 Å². The van der Waals surface area contributed by atoms with Gasteiger partial charge in [0.05, 0.1) is 6.54 Å². The van der Waals surface area contributed by atoms with E-state index in [0.29, 0.717) is 11.3 Å². The number of hydrogen-bond donors (Lipinski definition) is 1. The van der Waals surface area contributed by atoms with E-state index < -0.39 is 0 Å². The van der Waals surface area contributed by atoms with Gasteiger partial charge >= 0.3 is 0 Å². The molecule has 4 nitrogen and oxygen atoms in total. The summed E-state index contributed by atoms with van der Waals surface area (Å²) in [4.78, 5) is 0. The molecule has 0 spiro atoms. The van der Waals surface area contributed by atoms with Crippen LogP contribution in [0.4, 0.5) is 0 Å². The number of aryl methyl sites for hydroxylation is 2. The Balaban J connectivity index is 2.26. The Morgan fingerprint density at radius 3 is 2.94 bits per heavy atom. The van der Waals surface area contributed by atoms with Crippen LogP contribution in [0.15, 0.2) is 16.5 Å². The summed E-state index contributed by atoms with van der Waals surface area (Å²) in [5.74, 6) is 2.82. The molecule has 0 aliphatic heterocycles. The van der Waals surface area contributed by atoms with Gasteiger partial charge in [-0.05, 0) is 37.7 Å². The molecule has 0 saturated heterocycles. The van der Waals surface area contributed by atoms with Crippen LogP contribution in [0, 0.1) is 11.7 Å². The summed E-state index contributed by atoms with van der Waals surface area (Å²) in [6.07, 6.45) is 1.98. The zero-order chi connectivity index (χ0) is 11.5. The predicted octanol–water partition coefficient (Wildman–Crippen LogP) is 2.84. The van der Waals surface area contributed by atoms with E-state index >= 15 is 0 Å². The van der Waals surface area contributed by atoms with Gasteiger partial charge in [-0.2, -0.15) is 5.10 Å². The van der Waals surface area contributed by atoms with Gasteiger partial charge in [0, 0.05) is 6.42 Å². The average Bonchev–Trinajstić information content (AvgIpc) is 2.79. The van der Waals surface area contributed by atoms with E-state index in [1.54, 1.807) is 0 Å². The van der Waals surface area contributed by atoms with E-state index in [4.69, 9.17) is 16.6 Å². The maximum absolute atomic E-state index is 5.54. The van der Waals surface area contributed by atoms with Crippen molar-refractivity contribution in [2.24, 2.45) is 0 Å². The van der Waals surface area contributed by atoms with Crippen molar-refractivity contribution in [3.05, 3.63) is 34.2 Å². The fourth-order valence-corrected chi connectivity index (χ4v) is 1.87. The molecule has 16 heavy (non-hydrogen) atoms. The SMILES string of the molecule is CCCc1n[nH]c(=S)n1Cc1ccc(C)o1. The van der Waals surface area contributed by atoms with Gasteiger partial charge in [-0.15, -0.1) is 0 Å². The van der Waals surface area contributed by atoms with Gasteiger partial charge in [0.15, 0.2) is 4.77 Å². The first kappa shape index (κ1) is 11.1. The molecule has 5 heteroatoms. The Morgan fingerprint density at radius 2 is 2.31 bits per heavy atom. The van der Waals surface area contributed by atoms with E-state index in [1.807, 2.05) is 23.6 Å². The summed E-state index contributed by atoms with van der Waals surface area (Å²) in [6, 6.07) is 3.93. The summed E-state index contributed by atoms with van der Waals surface area (Å²) in [5.41, 5.74) is 0. The van der Waals surface area contributed by atoms with Crippen molar-refractivity contribution in [2.45, 2.75) is 33.2 Å². The van der Waals surface area contributed by atoms with Gasteiger partial charge in [-0.3, -0.25) is 9.67 Å². The first-order valence-electron chi connectivity index (χ1n) is 5.40. The van der Waals surface area contributed by atoms with Crippen LogP contribution in [-0.2, 0) is 13.0 Å². The molecule has 0 amide bonds. The topological polar surface area (TPSA) is 46.8 Å². The smallest absolute Gasteiger partial charge is 0.195 e. The lowest BCUT2D eigenvalue weighted by Gasteiger charge is -2.03. The molecule has 1 N–H and O–H groups in total. The monoisotopic (exact) mass is 237 g/mol. The molecule has 0 radical (unpaired) electrons. The van der Waals surface area contributed by atoms with Gasteiger partial charge in [-0.25, -0.2) is 0 Å². The Morgan fingerprint density at radius 1 is 1.50 bits per heavy atom. The highest BCUT2D eigenvalue weighted by Crippen LogP contribution is 2.10. The third-order valence-electron chi connectivity index (χ3n) is 2.42. The molecule has 0 aliphatic rings. The first-order valence-corrected chi connectivity index (χ1v) is 5.81. The van der Waals surface area contributed by atoms with Crippen LogP contribution in [0.3, 0.4) is 0 Å². The Labute approximate surface area is 99.3 Å². The van der Waals surface area contributed by atoms with E-state index in [0.717, 1.165) is 30.2 Å². The first-order chi connectivity index (χ1) is 7.70. The summed E-state index contributed by atoms with van der Waals surface area (Å²) in [7, 11) is 0. The maximum atomic E-state index is 5.54. The fraction of sp³-hybridized carbons (Fsp3) is 0.455. The van der Waals surface area contributed by atoms with Crippen LogP contribution < -0.4 is 0 Å². The van der Waals surface area contributed by atoms with Crippen molar-refractivity contribution in [1.82, 2.24) is 14.8 Å². The standard InChI is InChI=1S/C11H15N3OS/c1-3-4-10-12-13-11(16)14(10)7-9-6-5-8(2)15-9/h5-6H,3-4,7H2,1-2H3,(H,13,16). The van der Waals surface area contributed by atoms with Crippen molar-refractivity contribution < 1.29 is 4.42 Å². The maximum Gasteiger partial charge on any atom is 0.195 e. The third kappa shape index (κ3) is 2.24. The number of furan rings is 1. The minimum Gasteiger partial charge on any atom is -0.464 e. The second-order valence-corrected chi connectivity index (χ2v) is 4.18. The lowest BCUT2D eigenvalue weighted by molar-refractivity contribution is 0.464. The highest BCUT2D eigenvalue weighted by atomic mass is 32.1. The number of nitrogens with zero attached hydrogens (tertiary/aromatic N) is 2. The number of H-pyrrole nitrogens is 1. The second-order valence-electron chi connectivity index (χ2n) is 3.79. The highest BCUT2D eigenvalue weighted by molar-refractivity contribution is 7.71. The van der Waals surface area contributed by atoms with Gasteiger partial charge < -0.3 is 4.42 Å². The minimum atomic E-state index is 0.650. The Bertz CT molecular complexity index is 523. The van der Waals surface area contributed by atoms with Crippen molar-refractivity contribution in [1.29, 1.82) is 0 Å². The molecule has 0 fully saturated rings. The van der Waals surface area contributed by atoms with E-state index in [1.165, 1.54) is 0 Å². The number of rotatable bonds is 4. The summed E-state index contributed by atoms with van der Waals surface area (Å²) in [5, 5.41) is 7.04. The number of nitrogens with one attached hydrogen (secondary N) is 1. The minimum absolute atomic E-state index is 0.650. The van der Waals surface area contributed by atoms with Gasteiger partial charge in [0.2, 0.25) is 0 Å². The van der Waals surface area contributed by atoms with Crippen LogP contribution in [0.25, 0.3) is 0 Å². The van der Waals surface area contributed by atoms with Crippen LogP contribution in [0.1, 0.15) is 30.7 Å². The van der Waals surface area contributed by atoms with E-state index in [-0.39, 0.29) is 0 Å². The lowest BCUT2D eigenvalue weighted by Crippen LogP contribution is -2.04. The summed E-state index contributed by atoms with van der Waals surface area (Å²) in [6.45, 7) is 4.71. The molecule has 2 aromatic heterocycles. The van der Waals surface area contributed by atoms with Crippen LogP contribution in [0.2, 0.25) is 0 Å².